The Kier molecular flexibility index (Phi) is 3.78. The van der Waals surface area contributed by atoms with Crippen LogP contribution >= 0.6 is 0 Å². The average Bonchev–Trinajstić information content (AvgIpc) is 3.12. The first kappa shape index (κ1) is 11.4. The standard InChI is InChI=1S/C13H20N2O/c1-3-10(2)16-13-7-4-11(9-15-13)8-14-12-5-6-12/h4,7,9-10,12,14H,3,5-6,8H2,1-2H3. The van der Waals surface area contributed by atoms with Crippen molar-refractivity contribution in [2.75, 3.05) is 0 Å². The molecule has 1 aliphatic rings. The monoisotopic (exact) mass is 220 g/mol. The summed E-state index contributed by atoms with van der Waals surface area (Å²) in [6.45, 7) is 5.09. The van der Waals surface area contributed by atoms with E-state index in [1.165, 1.54) is 18.4 Å². The first-order valence-corrected chi connectivity index (χ1v) is 6.13. The van der Waals surface area contributed by atoms with E-state index < -0.39 is 0 Å². The third-order valence-corrected chi connectivity index (χ3v) is 2.87. The quantitative estimate of drug-likeness (QED) is 0.800. The molecule has 0 spiro atoms. The Labute approximate surface area is 97.2 Å². The van der Waals surface area contributed by atoms with Crippen molar-refractivity contribution in [2.45, 2.75) is 51.8 Å². The predicted octanol–water partition coefficient (Wildman–Crippen LogP) is 2.51. The highest BCUT2D eigenvalue weighted by atomic mass is 16.5. The summed E-state index contributed by atoms with van der Waals surface area (Å²) in [5.74, 6) is 0.726. The van der Waals surface area contributed by atoms with Gasteiger partial charge in [0.1, 0.15) is 0 Å². The van der Waals surface area contributed by atoms with E-state index in [1.54, 1.807) is 0 Å². The summed E-state index contributed by atoms with van der Waals surface area (Å²) in [7, 11) is 0. The first-order valence-electron chi connectivity index (χ1n) is 6.13. The van der Waals surface area contributed by atoms with E-state index in [9.17, 15) is 0 Å². The van der Waals surface area contributed by atoms with Crippen LogP contribution in [-0.2, 0) is 6.54 Å². The Balaban J connectivity index is 1.82. The zero-order valence-electron chi connectivity index (χ0n) is 10.1. The largest absolute Gasteiger partial charge is 0.475 e. The lowest BCUT2D eigenvalue weighted by molar-refractivity contribution is 0.208. The number of pyridine rings is 1. The van der Waals surface area contributed by atoms with Gasteiger partial charge in [-0.1, -0.05) is 13.0 Å². The number of nitrogens with one attached hydrogen (secondary N) is 1. The molecule has 1 unspecified atom stereocenters. The van der Waals surface area contributed by atoms with Gasteiger partial charge in [-0.2, -0.15) is 0 Å². The molecule has 0 bridgehead atoms. The summed E-state index contributed by atoms with van der Waals surface area (Å²) in [4.78, 5) is 4.30. The Morgan fingerprint density at radius 2 is 2.31 bits per heavy atom. The Morgan fingerprint density at radius 3 is 2.88 bits per heavy atom. The molecule has 1 saturated carbocycles. The molecule has 2 rings (SSSR count). The molecule has 1 aromatic heterocycles. The van der Waals surface area contributed by atoms with E-state index >= 15 is 0 Å². The van der Waals surface area contributed by atoms with E-state index in [-0.39, 0.29) is 6.10 Å². The number of hydrogen-bond donors (Lipinski definition) is 1. The molecule has 0 aromatic carbocycles. The lowest BCUT2D eigenvalue weighted by atomic mass is 10.3. The molecule has 3 nitrogen and oxygen atoms in total. The zero-order valence-corrected chi connectivity index (χ0v) is 10.1. The Hall–Kier alpha value is -1.09. The highest BCUT2D eigenvalue weighted by Crippen LogP contribution is 2.19. The fraction of sp³-hybridized carbons (Fsp3) is 0.615. The van der Waals surface area contributed by atoms with Gasteiger partial charge < -0.3 is 10.1 Å². The highest BCUT2D eigenvalue weighted by Gasteiger charge is 2.19. The summed E-state index contributed by atoms with van der Waals surface area (Å²) in [5.41, 5.74) is 1.23. The highest BCUT2D eigenvalue weighted by molar-refractivity contribution is 5.18. The Morgan fingerprint density at radius 1 is 1.50 bits per heavy atom. The van der Waals surface area contributed by atoms with Crippen molar-refractivity contribution in [3.63, 3.8) is 0 Å². The minimum absolute atomic E-state index is 0.239. The van der Waals surface area contributed by atoms with Crippen LogP contribution in [0.15, 0.2) is 18.3 Å². The number of nitrogens with zero attached hydrogens (tertiary/aromatic N) is 1. The lowest BCUT2D eigenvalue weighted by Crippen LogP contribution is -2.15. The van der Waals surface area contributed by atoms with Crippen LogP contribution in [0.1, 0.15) is 38.7 Å². The van der Waals surface area contributed by atoms with Gasteiger partial charge in [-0.05, 0) is 31.7 Å². The van der Waals surface area contributed by atoms with E-state index in [0.29, 0.717) is 0 Å². The maximum Gasteiger partial charge on any atom is 0.213 e. The topological polar surface area (TPSA) is 34.1 Å². The summed E-state index contributed by atoms with van der Waals surface area (Å²) < 4.78 is 5.62. The first-order chi connectivity index (χ1) is 7.78. The van der Waals surface area contributed by atoms with Gasteiger partial charge in [0, 0.05) is 24.8 Å². The fourth-order valence-corrected chi connectivity index (χ4v) is 1.42. The molecule has 0 aliphatic heterocycles. The molecule has 3 heteroatoms. The number of rotatable bonds is 6. The van der Waals surface area contributed by atoms with Gasteiger partial charge in [0.15, 0.2) is 0 Å². The summed E-state index contributed by atoms with van der Waals surface area (Å²) in [6, 6.07) is 4.78. The fourth-order valence-electron chi connectivity index (χ4n) is 1.42. The molecule has 1 aliphatic carbocycles. The van der Waals surface area contributed by atoms with Crippen LogP contribution in [0.2, 0.25) is 0 Å². The van der Waals surface area contributed by atoms with Crippen molar-refractivity contribution in [1.82, 2.24) is 10.3 Å². The molecule has 0 radical (unpaired) electrons. The zero-order chi connectivity index (χ0) is 11.4. The second-order valence-electron chi connectivity index (χ2n) is 4.50. The SMILES string of the molecule is CCC(C)Oc1ccc(CNC2CC2)cn1. The second-order valence-corrected chi connectivity index (χ2v) is 4.50. The van der Waals surface area contributed by atoms with Crippen molar-refractivity contribution in [3.8, 4) is 5.88 Å². The molecule has 1 fully saturated rings. The molecule has 0 amide bonds. The third-order valence-electron chi connectivity index (χ3n) is 2.87. The van der Waals surface area contributed by atoms with Gasteiger partial charge >= 0.3 is 0 Å². The molecule has 1 aromatic rings. The molecule has 16 heavy (non-hydrogen) atoms. The van der Waals surface area contributed by atoms with Crippen molar-refractivity contribution in [1.29, 1.82) is 0 Å². The van der Waals surface area contributed by atoms with Crippen molar-refractivity contribution < 1.29 is 4.74 Å². The minimum Gasteiger partial charge on any atom is -0.475 e. The number of hydrogen-bond acceptors (Lipinski definition) is 3. The molecule has 88 valence electrons. The van der Waals surface area contributed by atoms with Crippen LogP contribution < -0.4 is 10.1 Å². The van der Waals surface area contributed by atoms with Crippen LogP contribution in [0, 0.1) is 0 Å². The second kappa shape index (κ2) is 5.30. The van der Waals surface area contributed by atoms with Gasteiger partial charge in [-0.25, -0.2) is 4.98 Å². The lowest BCUT2D eigenvalue weighted by Gasteiger charge is -2.11. The number of aromatic nitrogens is 1. The summed E-state index contributed by atoms with van der Waals surface area (Å²) >= 11 is 0. The normalized spacial score (nSPS) is 17.1. The predicted molar refractivity (Wildman–Crippen MR) is 64.5 cm³/mol. The smallest absolute Gasteiger partial charge is 0.213 e. The average molecular weight is 220 g/mol. The minimum atomic E-state index is 0.239. The molecule has 1 N–H and O–H groups in total. The Bertz CT molecular complexity index is 319. The summed E-state index contributed by atoms with van der Waals surface area (Å²) in [5, 5.41) is 3.46. The van der Waals surface area contributed by atoms with E-state index in [0.717, 1.165) is 24.9 Å². The van der Waals surface area contributed by atoms with Gasteiger partial charge in [-0.15, -0.1) is 0 Å². The van der Waals surface area contributed by atoms with Gasteiger partial charge in [-0.3, -0.25) is 0 Å². The van der Waals surface area contributed by atoms with E-state index in [4.69, 9.17) is 4.74 Å². The molecule has 1 heterocycles. The molecule has 1 atom stereocenters. The third kappa shape index (κ3) is 3.49. The van der Waals surface area contributed by atoms with Crippen LogP contribution in [0.25, 0.3) is 0 Å². The van der Waals surface area contributed by atoms with Crippen LogP contribution in [0.5, 0.6) is 5.88 Å². The molecular formula is C13H20N2O. The number of ether oxygens (including phenoxy) is 1. The van der Waals surface area contributed by atoms with Crippen molar-refractivity contribution >= 4 is 0 Å². The van der Waals surface area contributed by atoms with Crippen molar-refractivity contribution in [2.24, 2.45) is 0 Å². The van der Waals surface area contributed by atoms with Gasteiger partial charge in [0.2, 0.25) is 5.88 Å². The maximum absolute atomic E-state index is 5.62. The van der Waals surface area contributed by atoms with E-state index in [1.807, 2.05) is 12.3 Å². The van der Waals surface area contributed by atoms with Gasteiger partial charge in [0.05, 0.1) is 6.10 Å². The molecule has 0 saturated heterocycles. The summed E-state index contributed by atoms with van der Waals surface area (Å²) in [6.07, 6.45) is 5.79. The van der Waals surface area contributed by atoms with Crippen LogP contribution in [-0.4, -0.2) is 17.1 Å². The van der Waals surface area contributed by atoms with Crippen molar-refractivity contribution in [3.05, 3.63) is 23.9 Å². The maximum atomic E-state index is 5.62. The van der Waals surface area contributed by atoms with Crippen LogP contribution in [0.4, 0.5) is 0 Å². The molecular weight excluding hydrogens is 200 g/mol. The van der Waals surface area contributed by atoms with E-state index in [2.05, 4.69) is 30.2 Å². The van der Waals surface area contributed by atoms with Gasteiger partial charge in [0.25, 0.3) is 0 Å². The van der Waals surface area contributed by atoms with Crippen LogP contribution in [0.3, 0.4) is 0 Å².